The molecule has 552 valence electrons. The summed E-state index contributed by atoms with van der Waals surface area (Å²) in [5.74, 6) is -8.85. The summed E-state index contributed by atoms with van der Waals surface area (Å²) >= 11 is 0. The number of carboxylic acids is 2. The molecule has 26 heteroatoms. The van der Waals surface area contributed by atoms with Crippen LogP contribution in [0.2, 0.25) is 0 Å². The highest BCUT2D eigenvalue weighted by Crippen LogP contribution is 2.29. The number of hydrogen-bond acceptors (Lipinski definition) is 15. The molecule has 6 aromatic carbocycles. The Bertz CT molecular complexity index is 4160. The van der Waals surface area contributed by atoms with E-state index in [0.29, 0.717) is 28.0 Å². The molecule has 2 fully saturated rings. The first kappa shape index (κ1) is 77.6. The number of likely N-dealkylation sites (tertiary alicyclic amines) is 2. The predicted octanol–water partition coefficient (Wildman–Crippen LogP) is 3.89. The zero-order valence-electron chi connectivity index (χ0n) is 60.0. The minimum atomic E-state index is -1.59. The van der Waals surface area contributed by atoms with Crippen LogP contribution in [0.1, 0.15) is 93.9 Å². The third-order valence-corrected chi connectivity index (χ3v) is 19.3. The second-order valence-corrected chi connectivity index (χ2v) is 28.4. The molecule has 9 amide bonds. The fourth-order valence-electron chi connectivity index (χ4n) is 13.0. The number of fused-ring (bicyclic) bond motifs is 2. The zero-order chi connectivity index (χ0) is 75.1. The summed E-state index contributed by atoms with van der Waals surface area (Å²) in [6.45, 7) is 11.8. The lowest BCUT2D eigenvalue weighted by molar-refractivity contribution is -0.145. The van der Waals surface area contributed by atoms with E-state index in [1.807, 2.05) is 72.8 Å². The smallest absolute Gasteiger partial charge is 0.326 e. The van der Waals surface area contributed by atoms with Crippen molar-refractivity contribution >= 4 is 86.6 Å². The van der Waals surface area contributed by atoms with Crippen LogP contribution in [0, 0.1) is 11.3 Å². The summed E-state index contributed by atoms with van der Waals surface area (Å²) in [5, 5.41) is 50.3. The van der Waals surface area contributed by atoms with E-state index < -0.39 is 149 Å². The number of rotatable bonds is 15. The molecule has 0 radical (unpaired) electrons. The van der Waals surface area contributed by atoms with Crippen molar-refractivity contribution in [3.05, 3.63) is 173 Å². The molecule has 0 aliphatic carbocycles. The van der Waals surface area contributed by atoms with Crippen molar-refractivity contribution in [2.24, 2.45) is 11.3 Å². The first-order valence-corrected chi connectivity index (χ1v) is 35.1. The summed E-state index contributed by atoms with van der Waals surface area (Å²) < 4.78 is 12.3. The monoisotopic (exact) mass is 1430 g/mol. The Morgan fingerprint density at radius 3 is 1.50 bits per heavy atom. The van der Waals surface area contributed by atoms with Crippen molar-refractivity contribution in [3.63, 3.8) is 0 Å². The van der Waals surface area contributed by atoms with Gasteiger partial charge < -0.3 is 77.3 Å². The molecular formula is C78H95N11O15. The van der Waals surface area contributed by atoms with E-state index in [1.54, 1.807) is 111 Å². The van der Waals surface area contributed by atoms with E-state index >= 15 is 14.4 Å². The van der Waals surface area contributed by atoms with E-state index in [2.05, 4.69) is 47.9 Å². The molecule has 0 spiro atoms. The van der Waals surface area contributed by atoms with Gasteiger partial charge in [0.2, 0.25) is 47.3 Å². The van der Waals surface area contributed by atoms with E-state index in [0.717, 1.165) is 21.5 Å². The van der Waals surface area contributed by atoms with Gasteiger partial charge in [0.15, 0.2) is 0 Å². The Labute approximate surface area is 604 Å². The summed E-state index contributed by atoms with van der Waals surface area (Å²) in [5.41, 5.74) is 1.30. The van der Waals surface area contributed by atoms with Crippen molar-refractivity contribution in [1.82, 2.24) is 57.7 Å². The Morgan fingerprint density at radius 2 is 1.01 bits per heavy atom. The number of nitrogens with one attached hydrogen (secondary N) is 9. The summed E-state index contributed by atoms with van der Waals surface area (Å²) in [7, 11) is 3.19. The Kier molecular flexibility index (Phi) is 26.2. The lowest BCUT2D eigenvalue weighted by Gasteiger charge is -2.36. The number of aliphatic carboxylic acids is 2. The van der Waals surface area contributed by atoms with Crippen LogP contribution in [0.5, 0.6) is 5.75 Å². The molecule has 6 aliphatic heterocycles. The number of amides is 9. The van der Waals surface area contributed by atoms with E-state index in [-0.39, 0.29) is 70.4 Å². The quantitative estimate of drug-likeness (QED) is 0.0650. The number of ether oxygens (including phenoxy) is 2. The minimum Gasteiger partial charge on any atom is -0.490 e. The Balaban J connectivity index is 1.05. The normalized spacial score (nSPS) is 22.7. The minimum absolute atomic E-state index is 0.0107. The Morgan fingerprint density at radius 1 is 0.538 bits per heavy atom. The molecule has 12 rings (SSSR count). The SMILES string of the molecule is CN[C@@H](C)C(=O)N[C@H](C(=O)N1C[C@@H]2C[C@H]1C(=O)N[C@@H](Cc1ccc3ccccc3c1)C(=O)N[C@H](C(=O)O)Cc1ccc(cc1)C(=O)N[C@H]1C[C@@H](C(=O)N[C@@H](Cc3ccc4ccccc4c3)C(=O)N[C@H](C(=O)O)Cc3ccc(cc3)OC/C=C\CO2)N(C(=O)[C@@H](NC(=O)[C@H](C)NC)C(C)(C)C)C1)C(C)C. The average molecular weight is 1430 g/mol. The molecule has 2 saturated heterocycles. The largest absolute Gasteiger partial charge is 0.490 e. The van der Waals surface area contributed by atoms with Crippen LogP contribution in [-0.2, 0) is 78.4 Å². The van der Waals surface area contributed by atoms with Gasteiger partial charge in [-0.25, -0.2) is 9.59 Å². The van der Waals surface area contributed by atoms with Gasteiger partial charge in [-0.15, -0.1) is 0 Å². The third kappa shape index (κ3) is 20.2. The second kappa shape index (κ2) is 35.1. The number of benzene rings is 6. The molecule has 104 heavy (non-hydrogen) atoms. The van der Waals surface area contributed by atoms with Gasteiger partial charge in [0.1, 0.15) is 60.7 Å². The molecule has 26 nitrogen and oxygen atoms in total. The second-order valence-electron chi connectivity index (χ2n) is 28.4. The van der Waals surface area contributed by atoms with Crippen molar-refractivity contribution < 1.29 is 72.4 Å². The van der Waals surface area contributed by atoms with Crippen LogP contribution < -0.4 is 52.6 Å². The highest BCUT2D eigenvalue weighted by atomic mass is 16.5. The van der Waals surface area contributed by atoms with E-state index in [4.69, 9.17) is 9.47 Å². The van der Waals surface area contributed by atoms with Crippen LogP contribution in [-0.4, -0.2) is 198 Å². The average Bonchev–Trinajstić information content (AvgIpc) is 1.65. The van der Waals surface area contributed by atoms with Crippen molar-refractivity contribution in [1.29, 1.82) is 0 Å². The topological polar surface area (TPSA) is 361 Å². The maximum absolute atomic E-state index is 15.2. The van der Waals surface area contributed by atoms with Crippen LogP contribution in [0.4, 0.5) is 0 Å². The summed E-state index contributed by atoms with van der Waals surface area (Å²) in [4.78, 5) is 160. The van der Waals surface area contributed by atoms with Gasteiger partial charge >= 0.3 is 11.9 Å². The molecule has 8 bridgehead atoms. The molecule has 6 aliphatic rings. The first-order chi connectivity index (χ1) is 49.6. The lowest BCUT2D eigenvalue weighted by Crippen LogP contribution is -2.61. The fourth-order valence-corrected chi connectivity index (χ4v) is 13.0. The number of carbonyl (C=O) groups is 11. The highest BCUT2D eigenvalue weighted by Gasteiger charge is 2.48. The van der Waals surface area contributed by atoms with Crippen LogP contribution in [0.25, 0.3) is 21.5 Å². The van der Waals surface area contributed by atoms with Gasteiger partial charge in [-0.05, 0) is 120 Å². The van der Waals surface area contributed by atoms with Gasteiger partial charge in [-0.2, -0.15) is 0 Å². The molecule has 0 unspecified atom stereocenters. The van der Waals surface area contributed by atoms with Crippen LogP contribution in [0.3, 0.4) is 0 Å². The van der Waals surface area contributed by atoms with Crippen molar-refractivity contribution in [2.75, 3.05) is 40.4 Å². The zero-order valence-corrected chi connectivity index (χ0v) is 60.0. The van der Waals surface area contributed by atoms with Gasteiger partial charge in [0.05, 0.1) is 24.8 Å². The number of carboxylic acid groups (broad SMARTS) is 2. The van der Waals surface area contributed by atoms with Gasteiger partial charge in [-0.1, -0.05) is 150 Å². The van der Waals surface area contributed by atoms with Crippen molar-refractivity contribution in [2.45, 2.75) is 160 Å². The summed E-state index contributed by atoms with van der Waals surface area (Å²) in [6.07, 6.45) is 1.75. The van der Waals surface area contributed by atoms with Crippen LogP contribution in [0.15, 0.2) is 146 Å². The summed E-state index contributed by atoms with van der Waals surface area (Å²) in [6, 6.07) is 25.5. The Hall–Kier alpha value is -10.6. The molecule has 6 heterocycles. The maximum atomic E-state index is 15.2. The molecule has 11 N–H and O–H groups in total. The maximum Gasteiger partial charge on any atom is 0.326 e. The van der Waals surface area contributed by atoms with E-state index in [1.165, 1.54) is 34.1 Å². The fraction of sp³-hybridized carbons (Fsp3) is 0.423. The first-order valence-electron chi connectivity index (χ1n) is 35.1. The molecule has 0 aromatic heterocycles. The van der Waals surface area contributed by atoms with Crippen molar-refractivity contribution in [3.8, 4) is 5.75 Å². The third-order valence-electron chi connectivity index (χ3n) is 19.3. The van der Waals surface area contributed by atoms with Crippen LogP contribution >= 0.6 is 0 Å². The molecular weight excluding hydrogens is 1330 g/mol. The number of carbonyl (C=O) groups excluding carboxylic acids is 9. The molecule has 0 saturated carbocycles. The number of hydrogen-bond donors (Lipinski definition) is 11. The standard InChI is InChI=1S/C78H95N11O15/c1-44(2)65(86-67(90)45(3)79-8)74(97)89-43-58-41-64(89)73(96)83-60(39-50-23-27-52-17-11-13-19-55(52)35-50)71(94)84-61(76(99)100)36-47-20-28-53(29-21-47)69(92)81-56-40-63(88(42-56)75(98)66(78(5,6)7)87-68(91)46(4)80-9)72(95)82-59(38-49-22-26-51-16-10-12-18-54(51)34-49)70(93)85-62(77(101)102)37-48-24-30-57(31-25-48)103-32-14-15-33-104-58/h10-31,34-35,44-46,56,58-66,79-80H,32-33,36-43H2,1-9H3,(H,81,92)(H,82,95)(H,83,96)(H,84,94)(H,85,93)(H,86,90)(H,87,91)(H,99,100)(H,101,102)/b15-14-/t45-,46-,56-,58-,59-,60-,61-,62-,63-,64-,65-,66+/m0/s1. The molecule has 6 aromatic rings. The lowest BCUT2D eigenvalue weighted by atomic mass is 9.85. The highest BCUT2D eigenvalue weighted by molar-refractivity contribution is 5.99. The van der Waals surface area contributed by atoms with Gasteiger partial charge in [0.25, 0.3) is 5.91 Å². The van der Waals surface area contributed by atoms with E-state index in [9.17, 15) is 48.6 Å². The van der Waals surface area contributed by atoms with Gasteiger partial charge in [-0.3, -0.25) is 43.2 Å². The molecule has 12 atom stereocenters. The number of nitrogens with zero attached hydrogens (tertiary/aromatic N) is 2. The number of likely N-dealkylation sites (N-methyl/N-ethyl adjacent to an activating group) is 2. The predicted molar refractivity (Wildman–Crippen MR) is 390 cm³/mol. The van der Waals surface area contributed by atoms with Gasteiger partial charge in [0, 0.05) is 56.8 Å².